The smallest absolute Gasteiger partial charge is 0.247 e. The van der Waals surface area contributed by atoms with Gasteiger partial charge in [-0.3, -0.25) is 4.79 Å². The minimum absolute atomic E-state index is 0.0451. The van der Waals surface area contributed by atoms with Gasteiger partial charge in [0.05, 0.1) is 0 Å². The van der Waals surface area contributed by atoms with Gasteiger partial charge < -0.3 is 10.1 Å². The highest BCUT2D eigenvalue weighted by Gasteiger charge is 1.92. The second kappa shape index (κ2) is 2.39. The third-order valence-electron chi connectivity index (χ3n) is 1.12. The van der Waals surface area contributed by atoms with Gasteiger partial charge in [-0.2, -0.15) is 0 Å². The lowest BCUT2D eigenvalue weighted by Crippen LogP contribution is -2.02. The first-order valence-corrected chi connectivity index (χ1v) is 2.77. The summed E-state index contributed by atoms with van der Waals surface area (Å²) in [7, 11) is 0. The first-order valence-electron chi connectivity index (χ1n) is 2.77. The Bertz CT molecular complexity index is 280. The molecule has 0 saturated carbocycles. The van der Waals surface area contributed by atoms with E-state index < -0.39 is 0 Å². The molecule has 1 heterocycles. The van der Waals surface area contributed by atoms with Crippen LogP contribution in [0.2, 0.25) is 0 Å². The van der Waals surface area contributed by atoms with Gasteiger partial charge in [0.15, 0.2) is 0 Å². The third-order valence-corrected chi connectivity index (χ3v) is 1.12. The molecule has 0 amide bonds. The molecule has 0 aromatic carbocycles. The molecule has 2 N–H and O–H groups in total. The predicted molar refractivity (Wildman–Crippen MR) is 38.7 cm³/mol. The van der Waals surface area contributed by atoms with Crippen molar-refractivity contribution in [1.82, 2.24) is 4.98 Å². The van der Waals surface area contributed by atoms with E-state index in [9.17, 15) is 4.79 Å². The van der Waals surface area contributed by atoms with E-state index in [0.29, 0.717) is 5.56 Å². The van der Waals surface area contributed by atoms with Crippen molar-refractivity contribution in [2.75, 3.05) is 0 Å². The molecule has 0 aliphatic rings. The molecule has 3 heteroatoms. The van der Waals surface area contributed by atoms with Gasteiger partial charge >= 0.3 is 0 Å². The Morgan fingerprint density at radius 2 is 2.30 bits per heavy atom. The first kappa shape index (κ1) is 6.61. The SMILES string of the molecule is C=C(O)c1ccc(=O)[nH]c1. The molecule has 0 spiro atoms. The number of aromatic nitrogens is 1. The standard InChI is InChI=1S/C7H7NO2/c1-5(9)6-2-3-7(10)8-4-6/h2-4,9H,1H2,(H,8,10). The molecule has 1 aromatic heterocycles. The summed E-state index contributed by atoms with van der Waals surface area (Å²) in [6.45, 7) is 3.29. The molecule has 0 aliphatic carbocycles. The van der Waals surface area contributed by atoms with Crippen molar-refractivity contribution in [3.05, 3.63) is 40.8 Å². The average molecular weight is 137 g/mol. The van der Waals surface area contributed by atoms with E-state index in [2.05, 4.69) is 11.6 Å². The predicted octanol–water partition coefficient (Wildman–Crippen LogP) is 0.904. The minimum atomic E-state index is -0.190. The van der Waals surface area contributed by atoms with Crippen LogP contribution in [-0.4, -0.2) is 10.1 Å². The highest BCUT2D eigenvalue weighted by Crippen LogP contribution is 2.02. The van der Waals surface area contributed by atoms with E-state index in [1.807, 2.05) is 0 Å². The molecule has 0 radical (unpaired) electrons. The lowest BCUT2D eigenvalue weighted by molar-refractivity contribution is 0.513. The van der Waals surface area contributed by atoms with Crippen molar-refractivity contribution in [2.45, 2.75) is 0 Å². The molecule has 0 atom stereocenters. The van der Waals surface area contributed by atoms with Gasteiger partial charge in [0.1, 0.15) is 5.76 Å². The third kappa shape index (κ3) is 1.25. The number of H-pyrrole nitrogens is 1. The Morgan fingerprint density at radius 3 is 2.70 bits per heavy atom. The summed E-state index contributed by atoms with van der Waals surface area (Å²) >= 11 is 0. The topological polar surface area (TPSA) is 53.1 Å². The number of aliphatic hydroxyl groups excluding tert-OH is 1. The van der Waals surface area contributed by atoms with Crippen molar-refractivity contribution < 1.29 is 5.11 Å². The number of rotatable bonds is 1. The van der Waals surface area contributed by atoms with Crippen LogP contribution in [0.25, 0.3) is 5.76 Å². The van der Waals surface area contributed by atoms with Gasteiger partial charge in [-0.05, 0) is 6.07 Å². The summed E-state index contributed by atoms with van der Waals surface area (Å²) in [5.41, 5.74) is 0.338. The summed E-state index contributed by atoms with van der Waals surface area (Å²) in [5.74, 6) is -0.0451. The summed E-state index contributed by atoms with van der Waals surface area (Å²) in [6, 6.07) is 2.83. The molecule has 3 nitrogen and oxygen atoms in total. The second-order valence-electron chi connectivity index (χ2n) is 1.89. The van der Waals surface area contributed by atoms with Crippen LogP contribution < -0.4 is 5.56 Å². The van der Waals surface area contributed by atoms with Gasteiger partial charge in [0.25, 0.3) is 0 Å². The Labute approximate surface area is 57.6 Å². The number of aliphatic hydroxyl groups is 1. The minimum Gasteiger partial charge on any atom is -0.508 e. The van der Waals surface area contributed by atoms with Crippen LogP contribution in [0.1, 0.15) is 5.56 Å². The molecular formula is C7H7NO2. The lowest BCUT2D eigenvalue weighted by atomic mass is 10.2. The number of pyridine rings is 1. The van der Waals surface area contributed by atoms with E-state index in [-0.39, 0.29) is 11.3 Å². The zero-order valence-electron chi connectivity index (χ0n) is 5.29. The fourth-order valence-corrected chi connectivity index (χ4v) is 0.590. The molecule has 0 unspecified atom stereocenters. The van der Waals surface area contributed by atoms with Crippen molar-refractivity contribution >= 4 is 5.76 Å². The summed E-state index contributed by atoms with van der Waals surface area (Å²) in [5, 5.41) is 8.80. The molecular weight excluding hydrogens is 130 g/mol. The Kier molecular flexibility index (Phi) is 1.58. The van der Waals surface area contributed by atoms with Crippen molar-refractivity contribution in [1.29, 1.82) is 0 Å². The van der Waals surface area contributed by atoms with Gasteiger partial charge in [-0.1, -0.05) is 6.58 Å². The molecule has 52 valence electrons. The molecule has 1 aromatic rings. The first-order chi connectivity index (χ1) is 4.70. The molecule has 0 saturated heterocycles. The maximum Gasteiger partial charge on any atom is 0.247 e. The molecule has 0 aliphatic heterocycles. The van der Waals surface area contributed by atoms with E-state index in [4.69, 9.17) is 5.11 Å². The van der Waals surface area contributed by atoms with Crippen LogP contribution in [0.4, 0.5) is 0 Å². The summed E-state index contributed by atoms with van der Waals surface area (Å²) in [6.07, 6.45) is 1.41. The highest BCUT2D eigenvalue weighted by molar-refractivity contribution is 5.54. The van der Waals surface area contributed by atoms with E-state index >= 15 is 0 Å². The van der Waals surface area contributed by atoms with Crippen LogP contribution >= 0.6 is 0 Å². The Hall–Kier alpha value is -1.51. The maximum absolute atomic E-state index is 10.5. The fourth-order valence-electron chi connectivity index (χ4n) is 0.590. The maximum atomic E-state index is 10.5. The lowest BCUT2D eigenvalue weighted by Gasteiger charge is -1.93. The van der Waals surface area contributed by atoms with E-state index in [0.717, 1.165) is 0 Å². The summed E-state index contributed by atoms with van der Waals surface area (Å²) < 4.78 is 0. The second-order valence-corrected chi connectivity index (χ2v) is 1.89. The highest BCUT2D eigenvalue weighted by atomic mass is 16.3. The van der Waals surface area contributed by atoms with Gasteiger partial charge in [-0.25, -0.2) is 0 Å². The normalized spacial score (nSPS) is 9.20. The number of nitrogens with one attached hydrogen (secondary N) is 1. The van der Waals surface area contributed by atoms with Crippen LogP contribution in [0.5, 0.6) is 0 Å². The van der Waals surface area contributed by atoms with Crippen LogP contribution in [0.3, 0.4) is 0 Å². The molecule has 10 heavy (non-hydrogen) atoms. The number of hydrogen-bond donors (Lipinski definition) is 2. The van der Waals surface area contributed by atoms with Gasteiger partial charge in [-0.15, -0.1) is 0 Å². The van der Waals surface area contributed by atoms with E-state index in [1.54, 1.807) is 0 Å². The fraction of sp³-hybridized carbons (Fsp3) is 0. The van der Waals surface area contributed by atoms with Crippen molar-refractivity contribution in [2.24, 2.45) is 0 Å². The molecule has 0 bridgehead atoms. The van der Waals surface area contributed by atoms with Crippen LogP contribution in [-0.2, 0) is 0 Å². The van der Waals surface area contributed by atoms with Crippen molar-refractivity contribution in [3.8, 4) is 0 Å². The Morgan fingerprint density at radius 1 is 1.60 bits per heavy atom. The Balaban J connectivity index is 3.12. The number of hydrogen-bond acceptors (Lipinski definition) is 2. The van der Waals surface area contributed by atoms with Crippen LogP contribution in [0.15, 0.2) is 29.7 Å². The largest absolute Gasteiger partial charge is 0.508 e. The number of aromatic amines is 1. The molecule has 0 fully saturated rings. The monoisotopic (exact) mass is 137 g/mol. The zero-order valence-corrected chi connectivity index (χ0v) is 5.29. The quantitative estimate of drug-likeness (QED) is 0.565. The van der Waals surface area contributed by atoms with Crippen molar-refractivity contribution in [3.63, 3.8) is 0 Å². The average Bonchev–Trinajstić information content (AvgIpc) is 1.88. The van der Waals surface area contributed by atoms with Gasteiger partial charge in [0.2, 0.25) is 5.56 Å². The van der Waals surface area contributed by atoms with Crippen LogP contribution in [0, 0.1) is 0 Å². The van der Waals surface area contributed by atoms with Gasteiger partial charge in [0, 0.05) is 17.8 Å². The summed E-state index contributed by atoms with van der Waals surface area (Å²) in [4.78, 5) is 12.9. The molecule has 1 rings (SSSR count). The zero-order chi connectivity index (χ0) is 7.56. The van der Waals surface area contributed by atoms with E-state index in [1.165, 1.54) is 18.3 Å².